The first kappa shape index (κ1) is 22.3. The lowest BCUT2D eigenvalue weighted by molar-refractivity contribution is -0.0500. The van der Waals surface area contributed by atoms with E-state index in [0.717, 1.165) is 12.1 Å². The van der Waals surface area contributed by atoms with Crippen LogP contribution in [-0.2, 0) is 14.9 Å². The Morgan fingerprint density at radius 3 is 2.39 bits per heavy atom. The number of hydrogen-bond acceptors (Lipinski definition) is 7. The Morgan fingerprint density at radius 1 is 0.970 bits per heavy atom. The highest BCUT2D eigenvalue weighted by molar-refractivity contribution is 7.88. The molecule has 0 unspecified atom stereocenters. The number of halogens is 3. The Kier molecular flexibility index (Phi) is 5.36. The molecule has 2 aromatic carbocycles. The van der Waals surface area contributed by atoms with E-state index in [-0.39, 0.29) is 16.9 Å². The summed E-state index contributed by atoms with van der Waals surface area (Å²) in [6, 6.07) is 13.7. The zero-order valence-electron chi connectivity index (χ0n) is 16.7. The largest absolute Gasteiger partial charge is 0.534 e. The van der Waals surface area contributed by atoms with E-state index in [1.54, 1.807) is 18.2 Å². The first-order valence-electron chi connectivity index (χ1n) is 9.21. The Morgan fingerprint density at radius 2 is 1.70 bits per heavy atom. The van der Waals surface area contributed by atoms with Crippen LogP contribution < -0.4 is 9.61 Å². The molecule has 2 aromatic rings. The smallest absolute Gasteiger partial charge is 0.465 e. The average Bonchev–Trinajstić information content (AvgIpc) is 2.75. The van der Waals surface area contributed by atoms with Gasteiger partial charge in [-0.3, -0.25) is 4.79 Å². The summed E-state index contributed by atoms with van der Waals surface area (Å²) < 4.78 is 75.6. The van der Waals surface area contributed by atoms with E-state index in [1.807, 2.05) is 0 Å². The molecule has 1 aliphatic carbocycles. The Labute approximate surface area is 184 Å². The fraction of sp³-hybridized carbons (Fsp3) is 0.0909. The van der Waals surface area contributed by atoms with E-state index in [9.17, 15) is 31.2 Å². The third kappa shape index (κ3) is 4.02. The van der Waals surface area contributed by atoms with Crippen LogP contribution in [0.2, 0.25) is 0 Å². The molecule has 7 nitrogen and oxygen atoms in total. The van der Waals surface area contributed by atoms with Gasteiger partial charge in [0.1, 0.15) is 17.1 Å². The molecule has 1 heterocycles. The number of methoxy groups -OCH3 is 1. The van der Waals surface area contributed by atoms with E-state index < -0.39 is 32.8 Å². The van der Waals surface area contributed by atoms with Crippen LogP contribution in [0.3, 0.4) is 0 Å². The summed E-state index contributed by atoms with van der Waals surface area (Å²) in [5, 5.41) is 0.328. The van der Waals surface area contributed by atoms with Gasteiger partial charge in [-0.05, 0) is 35.9 Å². The summed E-state index contributed by atoms with van der Waals surface area (Å²) in [6.07, 6.45) is 0. The number of ether oxygens (including phenoxy) is 1. The van der Waals surface area contributed by atoms with Gasteiger partial charge in [-0.2, -0.15) is 21.6 Å². The van der Waals surface area contributed by atoms with Gasteiger partial charge in [0.05, 0.1) is 12.7 Å². The third-order valence-corrected chi connectivity index (χ3v) is 5.73. The van der Waals surface area contributed by atoms with E-state index in [4.69, 9.17) is 9.15 Å². The molecule has 0 saturated carbocycles. The molecule has 1 aliphatic heterocycles. The molecular formula is C22H13F3O7S. The van der Waals surface area contributed by atoms with Crippen molar-refractivity contribution in [1.29, 1.82) is 0 Å². The summed E-state index contributed by atoms with van der Waals surface area (Å²) in [7, 11) is -4.69. The van der Waals surface area contributed by atoms with Gasteiger partial charge >= 0.3 is 21.6 Å². The molecule has 0 spiro atoms. The van der Waals surface area contributed by atoms with Gasteiger partial charge in [0.25, 0.3) is 0 Å². The van der Waals surface area contributed by atoms with Gasteiger partial charge in [-0.25, -0.2) is 4.79 Å². The van der Waals surface area contributed by atoms with E-state index >= 15 is 0 Å². The highest BCUT2D eigenvalue weighted by Crippen LogP contribution is 2.42. The number of rotatable bonds is 4. The molecule has 0 aromatic heterocycles. The second-order valence-electron chi connectivity index (χ2n) is 6.81. The summed E-state index contributed by atoms with van der Waals surface area (Å²) in [4.78, 5) is 24.2. The monoisotopic (exact) mass is 478 g/mol. The third-order valence-electron chi connectivity index (χ3n) is 4.76. The lowest BCUT2D eigenvalue weighted by atomic mass is 9.91. The molecule has 0 saturated heterocycles. The molecule has 0 N–H and O–H groups in total. The van der Waals surface area contributed by atoms with Gasteiger partial charge in [-0.1, -0.05) is 18.2 Å². The van der Waals surface area contributed by atoms with E-state index in [2.05, 4.69) is 4.18 Å². The topological polar surface area (TPSA) is 99.9 Å². The second-order valence-corrected chi connectivity index (χ2v) is 8.35. The standard InChI is InChI=1S/C22H13F3O7S/c1-30-21(27)15-5-3-2-4-14(15)20-16-8-6-12(26)10-18(16)31-19-11-13(7-9-17(19)20)32-33(28,29)22(23,24)25/h2-11H,1H3. The normalized spacial score (nSPS) is 12.1. The van der Waals surface area contributed by atoms with Crippen molar-refractivity contribution in [1.82, 2.24) is 0 Å². The second kappa shape index (κ2) is 7.93. The number of benzene rings is 3. The SMILES string of the molecule is COC(=O)c1ccccc1-c1c2ccc(=O)cc-2oc2cc(OS(=O)(=O)C(F)(F)F)ccc12. The zero-order valence-corrected chi connectivity index (χ0v) is 17.5. The average molecular weight is 478 g/mol. The molecule has 170 valence electrons. The summed E-state index contributed by atoms with van der Waals surface area (Å²) >= 11 is 0. The predicted octanol–water partition coefficient (Wildman–Crippen LogP) is 4.58. The minimum atomic E-state index is -5.91. The molecule has 0 atom stereocenters. The highest BCUT2D eigenvalue weighted by atomic mass is 32.2. The van der Waals surface area contributed by atoms with Gasteiger partial charge in [0.15, 0.2) is 5.43 Å². The molecule has 2 aliphatic rings. The van der Waals surface area contributed by atoms with Crippen molar-refractivity contribution in [2.24, 2.45) is 0 Å². The molecule has 0 fully saturated rings. The molecule has 0 radical (unpaired) electrons. The van der Waals surface area contributed by atoms with Crippen molar-refractivity contribution in [3.63, 3.8) is 0 Å². The Bertz CT molecular complexity index is 1520. The highest BCUT2D eigenvalue weighted by Gasteiger charge is 2.48. The number of carbonyl (C=O) groups is 1. The van der Waals surface area contributed by atoms with Crippen LogP contribution in [0.4, 0.5) is 13.2 Å². The number of hydrogen-bond donors (Lipinski definition) is 0. The fourth-order valence-corrected chi connectivity index (χ4v) is 3.81. The quantitative estimate of drug-likeness (QED) is 0.183. The van der Waals surface area contributed by atoms with Gasteiger partial charge in [0.2, 0.25) is 0 Å². The van der Waals surface area contributed by atoms with Crippen molar-refractivity contribution in [3.05, 3.63) is 76.5 Å². The summed E-state index contributed by atoms with van der Waals surface area (Å²) in [5.41, 5.74) is -4.62. The number of alkyl halides is 3. The van der Waals surface area contributed by atoms with Crippen molar-refractivity contribution < 1.29 is 39.7 Å². The van der Waals surface area contributed by atoms with Crippen LogP contribution in [0.15, 0.2) is 69.9 Å². The van der Waals surface area contributed by atoms with Crippen LogP contribution in [0.5, 0.6) is 5.75 Å². The van der Waals surface area contributed by atoms with Crippen LogP contribution in [0.1, 0.15) is 10.4 Å². The van der Waals surface area contributed by atoms with Crippen LogP contribution in [-0.4, -0.2) is 27.0 Å². The summed E-state index contributed by atoms with van der Waals surface area (Å²) in [5.74, 6) is -1.21. The maximum Gasteiger partial charge on any atom is 0.534 e. The Balaban J connectivity index is 2.03. The van der Waals surface area contributed by atoms with Crippen molar-refractivity contribution >= 4 is 27.1 Å². The maximum atomic E-state index is 12.7. The number of carbonyl (C=O) groups excluding carboxylic acids is 1. The van der Waals surface area contributed by atoms with Crippen LogP contribution >= 0.6 is 0 Å². The van der Waals surface area contributed by atoms with Crippen molar-refractivity contribution in [3.8, 4) is 28.2 Å². The Hall–Kier alpha value is -3.86. The minimum absolute atomic E-state index is 0.0699. The lowest BCUT2D eigenvalue weighted by Gasteiger charge is -2.17. The van der Waals surface area contributed by atoms with E-state index in [1.165, 1.54) is 37.4 Å². The molecule has 11 heteroatoms. The van der Waals surface area contributed by atoms with Crippen molar-refractivity contribution in [2.45, 2.75) is 5.51 Å². The minimum Gasteiger partial charge on any atom is -0.465 e. The molecule has 4 rings (SSSR count). The first-order valence-corrected chi connectivity index (χ1v) is 10.6. The first-order chi connectivity index (χ1) is 15.5. The van der Waals surface area contributed by atoms with Gasteiger partial charge in [-0.15, -0.1) is 0 Å². The van der Waals surface area contributed by atoms with Gasteiger partial charge in [0, 0.05) is 28.6 Å². The van der Waals surface area contributed by atoms with Crippen LogP contribution in [0, 0.1) is 0 Å². The fourth-order valence-electron chi connectivity index (χ4n) is 3.36. The van der Waals surface area contributed by atoms with Gasteiger partial charge < -0.3 is 13.3 Å². The zero-order chi connectivity index (χ0) is 24.0. The molecule has 33 heavy (non-hydrogen) atoms. The predicted molar refractivity (Wildman–Crippen MR) is 111 cm³/mol. The molecule has 0 bridgehead atoms. The van der Waals surface area contributed by atoms with Crippen LogP contribution in [0.25, 0.3) is 33.4 Å². The molecule has 0 amide bonds. The van der Waals surface area contributed by atoms with Crippen molar-refractivity contribution in [2.75, 3.05) is 7.11 Å². The lowest BCUT2D eigenvalue weighted by Crippen LogP contribution is -2.28. The number of esters is 1. The number of fused-ring (bicyclic) bond motifs is 2. The molecular weight excluding hydrogens is 465 g/mol. The summed E-state index contributed by atoms with van der Waals surface area (Å²) in [6.45, 7) is 0. The maximum absolute atomic E-state index is 12.7. The van der Waals surface area contributed by atoms with E-state index in [0.29, 0.717) is 22.1 Å².